The number of carbonyl (C=O) groups excluding carboxylic acids is 2. The second-order valence-electron chi connectivity index (χ2n) is 9.08. The number of carbonyl (C=O) groups is 3. The number of carboxylic acid groups (broad SMARTS) is 1. The molecule has 0 fully saturated rings. The van der Waals surface area contributed by atoms with E-state index in [1.165, 1.54) is 11.1 Å². The fraction of sp³-hybridized carbons (Fsp3) is 0.444. The molecule has 34 heavy (non-hydrogen) atoms. The molecule has 7 heteroatoms. The topological polar surface area (TPSA) is 105 Å². The Balaban J connectivity index is 1.47. The van der Waals surface area contributed by atoms with Crippen molar-refractivity contribution in [1.82, 2.24) is 10.6 Å². The van der Waals surface area contributed by atoms with Gasteiger partial charge in [-0.3, -0.25) is 9.59 Å². The number of hydrogen-bond donors (Lipinski definition) is 3. The second kappa shape index (κ2) is 12.2. The third-order valence-corrected chi connectivity index (χ3v) is 6.25. The van der Waals surface area contributed by atoms with Crippen LogP contribution in [0.3, 0.4) is 0 Å². The molecule has 3 N–H and O–H groups in total. The van der Waals surface area contributed by atoms with Crippen molar-refractivity contribution in [2.75, 3.05) is 13.2 Å². The minimum atomic E-state index is -0.803. The Hall–Kier alpha value is -3.35. The van der Waals surface area contributed by atoms with E-state index in [0.717, 1.165) is 24.0 Å². The van der Waals surface area contributed by atoms with Crippen molar-refractivity contribution in [3.8, 4) is 11.1 Å². The Bertz CT molecular complexity index is 959. The second-order valence-corrected chi connectivity index (χ2v) is 9.08. The van der Waals surface area contributed by atoms with E-state index in [-0.39, 0.29) is 43.2 Å². The van der Waals surface area contributed by atoms with Crippen LogP contribution in [0.25, 0.3) is 11.1 Å². The van der Waals surface area contributed by atoms with Crippen molar-refractivity contribution in [3.05, 3.63) is 59.7 Å². The molecular weight excluding hydrogens is 432 g/mol. The lowest BCUT2D eigenvalue weighted by atomic mass is 9.98. The number of carboxylic acids is 1. The van der Waals surface area contributed by atoms with Crippen LogP contribution in [0.4, 0.5) is 4.79 Å². The van der Waals surface area contributed by atoms with Gasteiger partial charge in [-0.25, -0.2) is 4.79 Å². The van der Waals surface area contributed by atoms with Crippen molar-refractivity contribution in [1.29, 1.82) is 0 Å². The molecule has 2 aromatic carbocycles. The molecule has 0 aromatic heterocycles. The molecule has 2 aromatic rings. The standard InChI is InChI=1S/C27H34N2O5/c1-18(2)24(16-25(30)28-15-9-3-4-14-26(31)32)29-27(33)34-17-23-21-12-7-5-10-19(21)20-11-6-8-13-22(20)23/h5-8,10-13,18,23-24H,3-4,9,14-17H2,1-2H3,(H,28,30)(H,29,33)(H,31,32)/t24-/m0/s1. The summed E-state index contributed by atoms with van der Waals surface area (Å²) in [5.74, 6) is -0.902. The maximum Gasteiger partial charge on any atom is 0.407 e. The van der Waals surface area contributed by atoms with Crippen molar-refractivity contribution in [2.24, 2.45) is 5.92 Å². The van der Waals surface area contributed by atoms with Crippen LogP contribution in [0.15, 0.2) is 48.5 Å². The quantitative estimate of drug-likeness (QED) is 0.393. The van der Waals surface area contributed by atoms with Gasteiger partial charge >= 0.3 is 12.1 Å². The molecular formula is C27H34N2O5. The number of rotatable bonds is 12. The van der Waals surface area contributed by atoms with Gasteiger partial charge in [0, 0.05) is 31.3 Å². The lowest BCUT2D eigenvalue weighted by Crippen LogP contribution is -2.43. The van der Waals surface area contributed by atoms with Gasteiger partial charge in [-0.1, -0.05) is 68.8 Å². The van der Waals surface area contributed by atoms with Crippen LogP contribution < -0.4 is 10.6 Å². The van der Waals surface area contributed by atoms with Gasteiger partial charge in [0.2, 0.25) is 5.91 Å². The van der Waals surface area contributed by atoms with E-state index >= 15 is 0 Å². The molecule has 2 amide bonds. The first-order valence-corrected chi connectivity index (χ1v) is 12.0. The fourth-order valence-corrected chi connectivity index (χ4v) is 4.32. The van der Waals surface area contributed by atoms with Crippen LogP contribution in [0.1, 0.15) is 63.0 Å². The van der Waals surface area contributed by atoms with Crippen LogP contribution in [-0.4, -0.2) is 42.3 Å². The van der Waals surface area contributed by atoms with Crippen molar-refractivity contribution < 1.29 is 24.2 Å². The van der Waals surface area contributed by atoms with Gasteiger partial charge in [0.05, 0.1) is 0 Å². The van der Waals surface area contributed by atoms with E-state index in [1.54, 1.807) is 0 Å². The van der Waals surface area contributed by atoms with Crippen molar-refractivity contribution in [2.45, 2.75) is 57.9 Å². The first-order valence-electron chi connectivity index (χ1n) is 12.0. The molecule has 0 saturated carbocycles. The maximum absolute atomic E-state index is 12.6. The Morgan fingerprint density at radius 3 is 2.15 bits per heavy atom. The lowest BCUT2D eigenvalue weighted by molar-refractivity contribution is -0.137. The van der Waals surface area contributed by atoms with Crippen molar-refractivity contribution in [3.63, 3.8) is 0 Å². The molecule has 0 bridgehead atoms. The summed E-state index contributed by atoms with van der Waals surface area (Å²) < 4.78 is 5.62. The number of nitrogens with one attached hydrogen (secondary N) is 2. The van der Waals surface area contributed by atoms with Crippen LogP contribution in [-0.2, 0) is 14.3 Å². The number of amides is 2. The molecule has 0 spiro atoms. The fourth-order valence-electron chi connectivity index (χ4n) is 4.32. The Morgan fingerprint density at radius 1 is 0.941 bits per heavy atom. The van der Waals surface area contributed by atoms with Gasteiger partial charge in [-0.2, -0.15) is 0 Å². The Morgan fingerprint density at radius 2 is 1.56 bits per heavy atom. The summed E-state index contributed by atoms with van der Waals surface area (Å²) in [5, 5.41) is 14.4. The predicted octanol–water partition coefficient (Wildman–Crippen LogP) is 4.70. The number of ether oxygens (including phenoxy) is 1. The van der Waals surface area contributed by atoms with Gasteiger partial charge in [-0.05, 0) is 41.0 Å². The van der Waals surface area contributed by atoms with E-state index in [2.05, 4.69) is 34.9 Å². The Kier molecular flexibility index (Phi) is 9.08. The summed E-state index contributed by atoms with van der Waals surface area (Å²) in [7, 11) is 0. The molecule has 0 radical (unpaired) electrons. The molecule has 0 unspecified atom stereocenters. The van der Waals surface area contributed by atoms with E-state index in [0.29, 0.717) is 13.0 Å². The highest BCUT2D eigenvalue weighted by Gasteiger charge is 2.29. The summed E-state index contributed by atoms with van der Waals surface area (Å²) in [6.07, 6.45) is 1.86. The van der Waals surface area contributed by atoms with Crippen LogP contribution >= 0.6 is 0 Å². The number of fused-ring (bicyclic) bond motifs is 3. The number of unbranched alkanes of at least 4 members (excludes halogenated alkanes) is 2. The van der Waals surface area contributed by atoms with E-state index < -0.39 is 12.1 Å². The predicted molar refractivity (Wildman–Crippen MR) is 131 cm³/mol. The highest BCUT2D eigenvalue weighted by atomic mass is 16.5. The maximum atomic E-state index is 12.6. The van der Waals surface area contributed by atoms with Gasteiger partial charge in [0.25, 0.3) is 0 Å². The highest BCUT2D eigenvalue weighted by molar-refractivity contribution is 5.79. The van der Waals surface area contributed by atoms with E-state index in [4.69, 9.17) is 9.84 Å². The molecule has 0 aliphatic heterocycles. The minimum absolute atomic E-state index is 0.0138. The average Bonchev–Trinajstić information content (AvgIpc) is 3.13. The lowest BCUT2D eigenvalue weighted by Gasteiger charge is -2.22. The highest BCUT2D eigenvalue weighted by Crippen LogP contribution is 2.44. The van der Waals surface area contributed by atoms with Gasteiger partial charge in [0.15, 0.2) is 0 Å². The zero-order valence-electron chi connectivity index (χ0n) is 19.9. The number of aliphatic carboxylic acids is 1. The summed E-state index contributed by atoms with van der Waals surface area (Å²) in [5.41, 5.74) is 4.65. The molecule has 0 heterocycles. The molecule has 1 aliphatic carbocycles. The first-order chi connectivity index (χ1) is 16.4. The zero-order valence-corrected chi connectivity index (χ0v) is 19.9. The smallest absolute Gasteiger partial charge is 0.407 e. The number of benzene rings is 2. The van der Waals surface area contributed by atoms with Gasteiger partial charge in [-0.15, -0.1) is 0 Å². The normalized spacial score (nSPS) is 13.1. The van der Waals surface area contributed by atoms with Gasteiger partial charge < -0.3 is 20.5 Å². The summed E-state index contributed by atoms with van der Waals surface area (Å²) in [6.45, 7) is 4.63. The van der Waals surface area contributed by atoms with Crippen LogP contribution in [0.2, 0.25) is 0 Å². The SMILES string of the molecule is CC(C)[C@H](CC(=O)NCCCCCC(=O)O)NC(=O)OCC1c2ccccc2-c2ccccc21. The van der Waals surface area contributed by atoms with Crippen molar-refractivity contribution >= 4 is 18.0 Å². The number of alkyl carbamates (subject to hydrolysis) is 1. The first kappa shape index (κ1) is 25.3. The monoisotopic (exact) mass is 466 g/mol. The third-order valence-electron chi connectivity index (χ3n) is 6.25. The van der Waals surface area contributed by atoms with Gasteiger partial charge in [0.1, 0.15) is 6.61 Å². The molecule has 182 valence electrons. The largest absolute Gasteiger partial charge is 0.481 e. The van der Waals surface area contributed by atoms with Crippen LogP contribution in [0, 0.1) is 5.92 Å². The van der Waals surface area contributed by atoms with E-state index in [9.17, 15) is 14.4 Å². The summed E-state index contributed by atoms with van der Waals surface area (Å²) >= 11 is 0. The Labute approximate surface area is 200 Å². The minimum Gasteiger partial charge on any atom is -0.481 e. The third kappa shape index (κ3) is 6.83. The molecule has 1 atom stereocenters. The molecule has 0 saturated heterocycles. The summed E-state index contributed by atoms with van der Waals surface area (Å²) in [4.78, 5) is 35.4. The van der Waals surface area contributed by atoms with Crippen LogP contribution in [0.5, 0.6) is 0 Å². The van der Waals surface area contributed by atoms with E-state index in [1.807, 2.05) is 38.1 Å². The molecule has 1 aliphatic rings. The summed E-state index contributed by atoms with van der Waals surface area (Å²) in [6, 6.07) is 16.0. The number of hydrogen-bond acceptors (Lipinski definition) is 4. The zero-order chi connectivity index (χ0) is 24.5. The molecule has 3 rings (SSSR count). The average molecular weight is 467 g/mol. The molecule has 7 nitrogen and oxygen atoms in total.